The lowest BCUT2D eigenvalue weighted by Gasteiger charge is -2.16. The number of nitrogens with one attached hydrogen (secondary N) is 2. The standard InChI is InChI=1S/C8H8ClN3S2/c1-2-3-10-8-11-5-4-6(9)13-7(5)14-12-8/h2,4H,1,3H2,(H2,10,11,12). The number of halogens is 1. The summed E-state index contributed by atoms with van der Waals surface area (Å²) in [5, 5.41) is 3.15. The van der Waals surface area contributed by atoms with Crippen LogP contribution in [0.2, 0.25) is 4.34 Å². The molecular weight excluding hydrogens is 238 g/mol. The minimum absolute atomic E-state index is 0.600. The highest BCUT2D eigenvalue weighted by Gasteiger charge is 2.16. The molecular formula is C8H8ClN3S2. The van der Waals surface area contributed by atoms with E-state index in [9.17, 15) is 0 Å². The molecule has 0 saturated heterocycles. The van der Waals surface area contributed by atoms with E-state index in [0.29, 0.717) is 6.54 Å². The molecule has 0 saturated carbocycles. The van der Waals surface area contributed by atoms with E-state index in [0.717, 1.165) is 20.2 Å². The second-order valence-corrected chi connectivity index (χ2v) is 5.32. The van der Waals surface area contributed by atoms with Gasteiger partial charge < -0.3 is 5.32 Å². The van der Waals surface area contributed by atoms with Gasteiger partial charge in [0.05, 0.1) is 16.6 Å². The molecule has 1 aromatic rings. The molecule has 74 valence electrons. The van der Waals surface area contributed by atoms with Crippen LogP contribution in [-0.2, 0) is 0 Å². The van der Waals surface area contributed by atoms with E-state index in [1.807, 2.05) is 6.07 Å². The smallest absolute Gasteiger partial charge is 0.206 e. The van der Waals surface area contributed by atoms with E-state index in [4.69, 9.17) is 11.6 Å². The van der Waals surface area contributed by atoms with Crippen molar-refractivity contribution in [1.29, 1.82) is 0 Å². The van der Waals surface area contributed by atoms with Crippen molar-refractivity contribution in [1.82, 2.24) is 4.72 Å². The van der Waals surface area contributed by atoms with Gasteiger partial charge in [0.2, 0.25) is 5.96 Å². The summed E-state index contributed by atoms with van der Waals surface area (Å²) in [6.45, 7) is 4.21. The molecule has 0 bridgehead atoms. The normalized spacial score (nSPS) is 17.1. The van der Waals surface area contributed by atoms with E-state index < -0.39 is 0 Å². The van der Waals surface area contributed by atoms with Gasteiger partial charge in [0, 0.05) is 11.9 Å². The maximum Gasteiger partial charge on any atom is 0.206 e. The molecule has 3 nitrogen and oxygen atoms in total. The molecule has 1 aromatic heterocycles. The molecule has 6 heteroatoms. The SMILES string of the molecule is C=CCN=C1NSc2sc(Cl)cc2N1. The monoisotopic (exact) mass is 245 g/mol. The number of hydrogen-bond donors (Lipinski definition) is 2. The van der Waals surface area contributed by atoms with E-state index in [2.05, 4.69) is 21.6 Å². The van der Waals surface area contributed by atoms with Crippen molar-refractivity contribution < 1.29 is 0 Å². The lowest BCUT2D eigenvalue weighted by Crippen LogP contribution is -2.28. The molecule has 0 radical (unpaired) electrons. The van der Waals surface area contributed by atoms with E-state index in [1.54, 1.807) is 17.4 Å². The van der Waals surface area contributed by atoms with Crippen LogP contribution < -0.4 is 10.0 Å². The minimum Gasteiger partial charge on any atom is -0.324 e. The first-order chi connectivity index (χ1) is 6.79. The highest BCUT2D eigenvalue weighted by molar-refractivity contribution is 8.00. The van der Waals surface area contributed by atoms with Crippen molar-refractivity contribution >= 4 is 46.5 Å². The van der Waals surface area contributed by atoms with Crippen LogP contribution in [0.15, 0.2) is 27.9 Å². The van der Waals surface area contributed by atoms with Crippen LogP contribution in [0.5, 0.6) is 0 Å². The molecule has 2 rings (SSSR count). The first-order valence-corrected chi connectivity index (χ1v) is 5.95. The van der Waals surface area contributed by atoms with Gasteiger partial charge in [0.25, 0.3) is 0 Å². The van der Waals surface area contributed by atoms with E-state index >= 15 is 0 Å². The third kappa shape index (κ3) is 2.05. The molecule has 0 atom stereocenters. The van der Waals surface area contributed by atoms with Crippen LogP contribution in [0, 0.1) is 0 Å². The molecule has 0 amide bonds. The molecule has 0 unspecified atom stereocenters. The second-order valence-electron chi connectivity index (χ2n) is 2.56. The average molecular weight is 246 g/mol. The molecule has 2 N–H and O–H groups in total. The molecule has 0 aromatic carbocycles. The van der Waals surface area contributed by atoms with Crippen molar-refractivity contribution in [3.63, 3.8) is 0 Å². The van der Waals surface area contributed by atoms with Gasteiger partial charge in [-0.3, -0.25) is 4.72 Å². The Morgan fingerprint density at radius 3 is 3.29 bits per heavy atom. The zero-order chi connectivity index (χ0) is 9.97. The molecule has 14 heavy (non-hydrogen) atoms. The summed E-state index contributed by atoms with van der Waals surface area (Å²) >= 11 is 8.95. The Labute approximate surface area is 95.4 Å². The van der Waals surface area contributed by atoms with Gasteiger partial charge in [0.1, 0.15) is 4.21 Å². The van der Waals surface area contributed by atoms with Crippen LogP contribution in [-0.4, -0.2) is 12.5 Å². The highest BCUT2D eigenvalue weighted by atomic mass is 35.5. The summed E-state index contributed by atoms with van der Waals surface area (Å²) in [4.78, 5) is 4.23. The minimum atomic E-state index is 0.600. The number of anilines is 1. The number of aliphatic imine (C=N–C) groups is 1. The lowest BCUT2D eigenvalue weighted by molar-refractivity contribution is 1.20. The van der Waals surface area contributed by atoms with Crippen LogP contribution in [0.3, 0.4) is 0 Å². The quantitative estimate of drug-likeness (QED) is 0.621. The number of fused-ring (bicyclic) bond motifs is 1. The van der Waals surface area contributed by atoms with E-state index in [1.165, 1.54) is 11.9 Å². The zero-order valence-electron chi connectivity index (χ0n) is 7.21. The highest BCUT2D eigenvalue weighted by Crippen LogP contribution is 2.39. The Morgan fingerprint density at radius 2 is 2.50 bits per heavy atom. The fourth-order valence-corrected chi connectivity index (χ4v) is 3.12. The Hall–Kier alpha value is -0.650. The first-order valence-electron chi connectivity index (χ1n) is 3.94. The van der Waals surface area contributed by atoms with Gasteiger partial charge in [-0.25, -0.2) is 4.99 Å². The lowest BCUT2D eigenvalue weighted by atomic mass is 10.5. The molecule has 1 aliphatic heterocycles. The van der Waals surface area contributed by atoms with Crippen molar-refractivity contribution in [2.75, 3.05) is 11.9 Å². The third-order valence-electron chi connectivity index (χ3n) is 1.54. The number of guanidine groups is 1. The van der Waals surface area contributed by atoms with Gasteiger partial charge in [-0.05, 0) is 6.07 Å². The number of rotatable bonds is 2. The van der Waals surface area contributed by atoms with Gasteiger partial charge in [-0.2, -0.15) is 0 Å². The fourth-order valence-electron chi connectivity index (χ4n) is 0.984. The fraction of sp³-hybridized carbons (Fsp3) is 0.125. The summed E-state index contributed by atoms with van der Waals surface area (Å²) in [6, 6.07) is 1.90. The number of nitrogens with zero attached hydrogens (tertiary/aromatic N) is 1. The summed E-state index contributed by atoms with van der Waals surface area (Å²) < 4.78 is 4.99. The summed E-state index contributed by atoms with van der Waals surface area (Å²) in [5.41, 5.74) is 1.02. The maximum atomic E-state index is 5.88. The Kier molecular flexibility index (Phi) is 3.00. The van der Waals surface area contributed by atoms with Crippen LogP contribution in [0.1, 0.15) is 0 Å². The Balaban J connectivity index is 2.16. The van der Waals surface area contributed by atoms with Crippen LogP contribution >= 0.6 is 34.9 Å². The third-order valence-corrected chi connectivity index (χ3v) is 3.80. The number of thiophene rings is 1. The summed E-state index contributed by atoms with van der Waals surface area (Å²) in [6.07, 6.45) is 1.75. The van der Waals surface area contributed by atoms with Crippen molar-refractivity contribution in [3.05, 3.63) is 23.1 Å². The summed E-state index contributed by atoms with van der Waals surface area (Å²) in [5.74, 6) is 0.747. The van der Waals surface area contributed by atoms with Gasteiger partial charge >= 0.3 is 0 Å². The zero-order valence-corrected chi connectivity index (χ0v) is 9.60. The molecule has 1 aliphatic rings. The van der Waals surface area contributed by atoms with E-state index in [-0.39, 0.29) is 0 Å². The topological polar surface area (TPSA) is 36.4 Å². The Morgan fingerprint density at radius 1 is 1.64 bits per heavy atom. The van der Waals surface area contributed by atoms with Crippen molar-refractivity contribution in [2.45, 2.75) is 4.21 Å². The Bertz CT molecular complexity index is 386. The molecule has 0 aliphatic carbocycles. The summed E-state index contributed by atoms with van der Waals surface area (Å²) in [7, 11) is 0. The van der Waals surface area contributed by atoms with Gasteiger partial charge in [0.15, 0.2) is 0 Å². The van der Waals surface area contributed by atoms with Crippen LogP contribution in [0.4, 0.5) is 5.69 Å². The van der Waals surface area contributed by atoms with Crippen molar-refractivity contribution in [3.8, 4) is 0 Å². The molecule has 2 heterocycles. The predicted octanol–water partition coefficient (Wildman–Crippen LogP) is 2.97. The predicted molar refractivity (Wildman–Crippen MR) is 64.4 cm³/mol. The van der Waals surface area contributed by atoms with Crippen molar-refractivity contribution in [2.24, 2.45) is 4.99 Å². The average Bonchev–Trinajstić information content (AvgIpc) is 2.54. The largest absolute Gasteiger partial charge is 0.324 e. The molecule has 0 spiro atoms. The maximum absolute atomic E-state index is 5.88. The van der Waals surface area contributed by atoms with Gasteiger partial charge in [-0.15, -0.1) is 17.9 Å². The molecule has 0 fully saturated rings. The second kappa shape index (κ2) is 4.25. The van der Waals surface area contributed by atoms with Gasteiger partial charge in [-0.1, -0.05) is 17.7 Å². The van der Waals surface area contributed by atoms with Crippen LogP contribution in [0.25, 0.3) is 0 Å². The number of hydrogen-bond acceptors (Lipinski definition) is 3. The first kappa shape index (κ1) is 9.89.